The van der Waals surface area contributed by atoms with Crippen LogP contribution in [0.25, 0.3) is 0 Å². The number of carbonyl (C=O) groups is 1. The van der Waals surface area contributed by atoms with Gasteiger partial charge in [0.1, 0.15) is 5.60 Å². The molecule has 2 heterocycles. The third-order valence-electron chi connectivity index (χ3n) is 8.56. The van der Waals surface area contributed by atoms with Gasteiger partial charge in [-0.3, -0.25) is 4.90 Å². The van der Waals surface area contributed by atoms with Crippen molar-refractivity contribution in [1.29, 1.82) is 0 Å². The number of nitrogens with zero attached hydrogens (tertiary/aromatic N) is 1. The summed E-state index contributed by atoms with van der Waals surface area (Å²) in [5.74, 6) is 3.01. The second kappa shape index (κ2) is 9.66. The number of amides is 1. The molecule has 4 aliphatic rings. The maximum atomic E-state index is 13.1. The van der Waals surface area contributed by atoms with E-state index in [1.54, 1.807) is 7.11 Å². The van der Waals surface area contributed by atoms with Crippen molar-refractivity contribution >= 4 is 6.09 Å². The minimum atomic E-state index is -0.472. The van der Waals surface area contributed by atoms with E-state index in [0.717, 1.165) is 31.1 Å². The molecule has 0 aromatic carbocycles. The second-order valence-corrected chi connectivity index (χ2v) is 11.8. The third-order valence-corrected chi connectivity index (χ3v) is 8.56. The molecular weight excluding hydrogens is 402 g/mol. The Kier molecular flexibility index (Phi) is 7.26. The molecule has 5 nitrogen and oxygen atoms in total. The van der Waals surface area contributed by atoms with E-state index in [1.165, 1.54) is 32.1 Å². The van der Waals surface area contributed by atoms with E-state index in [4.69, 9.17) is 14.2 Å². The number of allylic oxidation sites excluding steroid dienone is 1. The molecule has 0 N–H and O–H groups in total. The summed E-state index contributed by atoms with van der Waals surface area (Å²) in [4.78, 5) is 15.1. The van der Waals surface area contributed by atoms with Gasteiger partial charge in [0.25, 0.3) is 0 Å². The number of rotatable bonds is 3. The summed E-state index contributed by atoms with van der Waals surface area (Å²) in [6.07, 6.45) is 14.6. The van der Waals surface area contributed by atoms with Gasteiger partial charge in [-0.25, -0.2) is 4.79 Å². The van der Waals surface area contributed by atoms with Crippen molar-refractivity contribution in [2.75, 3.05) is 7.11 Å². The zero-order valence-electron chi connectivity index (χ0n) is 21.1. The molecule has 9 atom stereocenters. The zero-order chi connectivity index (χ0) is 23.0. The molecule has 4 fully saturated rings. The van der Waals surface area contributed by atoms with Crippen molar-refractivity contribution in [2.45, 2.75) is 116 Å². The molecule has 0 bridgehead atoms. The first-order chi connectivity index (χ1) is 15.2. The average Bonchev–Trinajstić information content (AvgIpc) is 3.05. The summed E-state index contributed by atoms with van der Waals surface area (Å²) in [5, 5.41) is 0. The molecule has 2 aliphatic carbocycles. The Morgan fingerprint density at radius 2 is 1.75 bits per heavy atom. The Labute approximate surface area is 195 Å². The normalized spacial score (nSPS) is 42.6. The van der Waals surface area contributed by atoms with Crippen LogP contribution in [0, 0.1) is 29.6 Å². The second-order valence-electron chi connectivity index (χ2n) is 11.8. The molecule has 0 spiro atoms. The van der Waals surface area contributed by atoms with Crippen LogP contribution in [0.2, 0.25) is 0 Å². The van der Waals surface area contributed by atoms with Crippen LogP contribution in [0.15, 0.2) is 12.2 Å². The lowest BCUT2D eigenvalue weighted by atomic mass is 9.57. The highest BCUT2D eigenvalue weighted by atomic mass is 16.7. The Morgan fingerprint density at radius 1 is 1.00 bits per heavy atom. The number of piperidine rings is 1. The van der Waals surface area contributed by atoms with Crippen LogP contribution in [0.1, 0.15) is 86.0 Å². The van der Waals surface area contributed by atoms with Gasteiger partial charge in [0.15, 0.2) is 6.29 Å². The Hall–Kier alpha value is -1.07. The van der Waals surface area contributed by atoms with Crippen molar-refractivity contribution in [3.8, 4) is 0 Å². The molecule has 2 saturated heterocycles. The molecular formula is C27H45NO4. The lowest BCUT2D eigenvalue weighted by Crippen LogP contribution is -2.50. The van der Waals surface area contributed by atoms with Crippen molar-refractivity contribution in [3.05, 3.63) is 12.2 Å². The Morgan fingerprint density at radius 3 is 2.47 bits per heavy atom. The van der Waals surface area contributed by atoms with E-state index < -0.39 is 5.60 Å². The van der Waals surface area contributed by atoms with Gasteiger partial charge < -0.3 is 14.2 Å². The molecule has 0 aromatic heterocycles. The van der Waals surface area contributed by atoms with E-state index in [1.807, 2.05) is 25.7 Å². The summed E-state index contributed by atoms with van der Waals surface area (Å²) in [6.45, 7) is 10.2. The fourth-order valence-corrected chi connectivity index (χ4v) is 7.27. The van der Waals surface area contributed by atoms with E-state index in [2.05, 4.69) is 26.0 Å². The van der Waals surface area contributed by atoms with Gasteiger partial charge in [-0.15, -0.1) is 0 Å². The van der Waals surface area contributed by atoms with Crippen LogP contribution in [0.3, 0.4) is 0 Å². The summed E-state index contributed by atoms with van der Waals surface area (Å²) >= 11 is 0. The Balaban J connectivity index is 1.57. The fourth-order valence-electron chi connectivity index (χ4n) is 7.27. The van der Waals surface area contributed by atoms with E-state index >= 15 is 0 Å². The van der Waals surface area contributed by atoms with E-state index in [9.17, 15) is 4.79 Å². The average molecular weight is 448 g/mol. The van der Waals surface area contributed by atoms with Crippen LogP contribution < -0.4 is 0 Å². The van der Waals surface area contributed by atoms with Crippen molar-refractivity contribution in [1.82, 2.24) is 4.90 Å². The van der Waals surface area contributed by atoms with Crippen molar-refractivity contribution < 1.29 is 19.0 Å². The monoisotopic (exact) mass is 447 g/mol. The Bertz CT molecular complexity index is 686. The van der Waals surface area contributed by atoms with Gasteiger partial charge in [-0.05, 0) is 90.4 Å². The molecule has 2 unspecified atom stereocenters. The number of likely N-dealkylation sites (tertiary alicyclic amines) is 1. The molecule has 0 radical (unpaired) electrons. The molecule has 4 rings (SSSR count). The summed E-state index contributed by atoms with van der Waals surface area (Å²) in [5.41, 5.74) is -0.472. The summed E-state index contributed by atoms with van der Waals surface area (Å²) in [7, 11) is 1.79. The molecule has 2 saturated carbocycles. The maximum Gasteiger partial charge on any atom is 0.411 e. The lowest BCUT2D eigenvalue weighted by molar-refractivity contribution is -0.132. The predicted octanol–water partition coefficient (Wildman–Crippen LogP) is 6.17. The number of ether oxygens (including phenoxy) is 3. The molecule has 2 aliphatic heterocycles. The quantitative estimate of drug-likeness (QED) is 0.485. The van der Waals surface area contributed by atoms with Crippen LogP contribution in [-0.4, -0.2) is 48.2 Å². The fraction of sp³-hybridized carbons (Fsp3) is 0.889. The number of carbonyl (C=O) groups excluding carboxylic acids is 1. The van der Waals surface area contributed by atoms with Gasteiger partial charge in [-0.2, -0.15) is 0 Å². The first-order valence-electron chi connectivity index (χ1n) is 13.1. The molecule has 1 amide bonds. The van der Waals surface area contributed by atoms with Crippen LogP contribution in [0.5, 0.6) is 0 Å². The molecule has 5 heteroatoms. The van der Waals surface area contributed by atoms with Crippen molar-refractivity contribution in [2.24, 2.45) is 29.6 Å². The van der Waals surface area contributed by atoms with Gasteiger partial charge in [0, 0.05) is 19.1 Å². The standard InChI is InChI=1S/C27H45NO4/c1-17-10-9-12-20(28(17)26(29)32-27(3,4)5)14-15-22-21-13-8-7-11-19(21)16-23-24(22)18(2)31-25(23)30-6/h14-15,17-25H,7-13,16H2,1-6H3/b15-14+/t17?,18-,19+,20?,21-,22+,23-,24+,25-/m1/s1. The van der Waals surface area contributed by atoms with E-state index in [-0.39, 0.29) is 30.6 Å². The van der Waals surface area contributed by atoms with Gasteiger partial charge in [0.2, 0.25) is 0 Å². The summed E-state index contributed by atoms with van der Waals surface area (Å²) < 4.78 is 17.8. The number of methoxy groups -OCH3 is 1. The van der Waals surface area contributed by atoms with Crippen molar-refractivity contribution in [3.63, 3.8) is 0 Å². The number of fused-ring (bicyclic) bond motifs is 2. The van der Waals surface area contributed by atoms with Gasteiger partial charge in [-0.1, -0.05) is 31.4 Å². The minimum Gasteiger partial charge on any atom is -0.444 e. The predicted molar refractivity (Wildman–Crippen MR) is 126 cm³/mol. The topological polar surface area (TPSA) is 48.0 Å². The third kappa shape index (κ3) is 4.89. The number of hydrogen-bond acceptors (Lipinski definition) is 4. The SMILES string of the molecule is CO[C@@H]1O[C@H](C)[C@H]2[C@@H](/C=C/C3CCCC(C)N3C(=O)OC(C)(C)C)[C@@H]3CCCC[C@H]3C[C@@H]12. The molecule has 0 aromatic rings. The highest BCUT2D eigenvalue weighted by Crippen LogP contribution is 2.55. The zero-order valence-corrected chi connectivity index (χ0v) is 21.1. The van der Waals surface area contributed by atoms with Gasteiger partial charge in [0.05, 0.1) is 12.1 Å². The number of hydrogen-bond donors (Lipinski definition) is 0. The summed E-state index contributed by atoms with van der Waals surface area (Å²) in [6, 6.07) is 0.327. The molecule has 32 heavy (non-hydrogen) atoms. The maximum absolute atomic E-state index is 13.1. The molecule has 182 valence electrons. The highest BCUT2D eigenvalue weighted by Gasteiger charge is 2.53. The first-order valence-corrected chi connectivity index (χ1v) is 13.1. The first kappa shape index (κ1) is 24.1. The smallest absolute Gasteiger partial charge is 0.411 e. The largest absolute Gasteiger partial charge is 0.444 e. The van der Waals surface area contributed by atoms with Crippen LogP contribution >= 0.6 is 0 Å². The highest BCUT2D eigenvalue weighted by molar-refractivity contribution is 5.69. The lowest BCUT2D eigenvalue weighted by Gasteiger charge is -2.47. The van der Waals surface area contributed by atoms with E-state index in [0.29, 0.717) is 17.8 Å². The van der Waals surface area contributed by atoms with Crippen LogP contribution in [-0.2, 0) is 14.2 Å². The van der Waals surface area contributed by atoms with Gasteiger partial charge >= 0.3 is 6.09 Å². The van der Waals surface area contributed by atoms with Crippen LogP contribution in [0.4, 0.5) is 4.79 Å². The minimum absolute atomic E-state index is 0.0678.